The van der Waals surface area contributed by atoms with E-state index in [1.807, 2.05) is 0 Å². The van der Waals surface area contributed by atoms with Crippen molar-refractivity contribution in [2.45, 2.75) is 6.92 Å². The molecular formula is C12H19N3O4S. The van der Waals surface area contributed by atoms with Crippen molar-refractivity contribution < 1.29 is 17.9 Å². The number of hydrogen-bond acceptors (Lipinski definition) is 5. The van der Waals surface area contributed by atoms with Crippen LogP contribution in [0.2, 0.25) is 0 Å². The molecule has 0 heterocycles. The number of benzene rings is 1. The third-order valence-corrected chi connectivity index (χ3v) is 3.98. The topological polar surface area (TPSA) is 111 Å². The summed E-state index contributed by atoms with van der Waals surface area (Å²) in [5.74, 6) is -0.0691. The van der Waals surface area contributed by atoms with Crippen molar-refractivity contribution in [1.82, 2.24) is 10.0 Å². The molecule has 1 rings (SSSR count). The average molecular weight is 301 g/mol. The number of nitrogens with two attached hydrogens (primary N) is 1. The molecule has 0 aliphatic heterocycles. The summed E-state index contributed by atoms with van der Waals surface area (Å²) in [7, 11) is -1.85. The second-order valence-corrected chi connectivity index (χ2v) is 5.96. The first-order chi connectivity index (χ1) is 9.39. The Balaban J connectivity index is 2.58. The molecule has 0 radical (unpaired) electrons. The van der Waals surface area contributed by atoms with Gasteiger partial charge in [0.1, 0.15) is 5.75 Å². The first-order valence-corrected chi connectivity index (χ1v) is 7.74. The summed E-state index contributed by atoms with van der Waals surface area (Å²) in [5, 5.41) is 2.52. The monoisotopic (exact) mass is 301 g/mol. The average Bonchev–Trinajstić information content (AvgIpc) is 2.38. The van der Waals surface area contributed by atoms with Crippen molar-refractivity contribution in [2.75, 3.05) is 31.7 Å². The summed E-state index contributed by atoms with van der Waals surface area (Å²) in [6.07, 6.45) is 0. The lowest BCUT2D eigenvalue weighted by molar-refractivity contribution is 0.0956. The van der Waals surface area contributed by atoms with Crippen LogP contribution >= 0.6 is 0 Å². The zero-order chi connectivity index (χ0) is 15.2. The van der Waals surface area contributed by atoms with Crippen LogP contribution in [0.3, 0.4) is 0 Å². The SMILES string of the molecule is CCNS(=O)(=O)CCNC(=O)c1ccc(OC)c(N)c1. The maximum absolute atomic E-state index is 11.8. The molecule has 0 unspecified atom stereocenters. The van der Waals surface area contributed by atoms with Gasteiger partial charge in [-0.3, -0.25) is 4.79 Å². The van der Waals surface area contributed by atoms with Gasteiger partial charge in [-0.2, -0.15) is 0 Å². The minimum atomic E-state index is -3.34. The summed E-state index contributed by atoms with van der Waals surface area (Å²) in [5.41, 5.74) is 6.39. The van der Waals surface area contributed by atoms with E-state index in [2.05, 4.69) is 10.0 Å². The summed E-state index contributed by atoms with van der Waals surface area (Å²) in [6.45, 7) is 2.04. The first kappa shape index (κ1) is 16.3. The third-order valence-electron chi connectivity index (χ3n) is 2.51. The Morgan fingerprint density at radius 1 is 1.40 bits per heavy atom. The van der Waals surface area contributed by atoms with Gasteiger partial charge in [0.05, 0.1) is 18.6 Å². The standard InChI is InChI=1S/C12H19N3O4S/c1-3-15-20(17,18)7-6-14-12(16)9-4-5-11(19-2)10(13)8-9/h4-5,8,15H,3,6-7,13H2,1-2H3,(H,14,16). The molecule has 0 aliphatic rings. The lowest BCUT2D eigenvalue weighted by atomic mass is 10.2. The van der Waals surface area contributed by atoms with E-state index in [1.165, 1.54) is 13.2 Å². The third kappa shape index (κ3) is 4.71. The summed E-state index contributed by atoms with van der Waals surface area (Å²) in [6, 6.07) is 4.62. The Kier molecular flexibility index (Phi) is 5.78. The molecule has 20 heavy (non-hydrogen) atoms. The lowest BCUT2D eigenvalue weighted by Gasteiger charge is -2.08. The molecular weight excluding hydrogens is 282 g/mol. The van der Waals surface area contributed by atoms with Crippen LogP contribution in [0.5, 0.6) is 5.75 Å². The van der Waals surface area contributed by atoms with Crippen LogP contribution in [0.15, 0.2) is 18.2 Å². The van der Waals surface area contributed by atoms with Crippen LogP contribution in [0.1, 0.15) is 17.3 Å². The van der Waals surface area contributed by atoms with Crippen LogP contribution in [0, 0.1) is 0 Å². The Labute approximate surface area is 118 Å². The quantitative estimate of drug-likeness (QED) is 0.611. The number of ether oxygens (including phenoxy) is 1. The normalized spacial score (nSPS) is 11.1. The fraction of sp³-hybridized carbons (Fsp3) is 0.417. The molecule has 112 valence electrons. The number of anilines is 1. The van der Waals surface area contributed by atoms with Crippen LogP contribution in [-0.2, 0) is 10.0 Å². The molecule has 0 aliphatic carbocycles. The van der Waals surface area contributed by atoms with Gasteiger partial charge < -0.3 is 15.8 Å². The smallest absolute Gasteiger partial charge is 0.251 e. The molecule has 7 nitrogen and oxygen atoms in total. The van der Waals surface area contributed by atoms with Gasteiger partial charge in [-0.15, -0.1) is 0 Å². The number of carbonyl (C=O) groups is 1. The van der Waals surface area contributed by atoms with Crippen LogP contribution in [-0.4, -0.2) is 40.3 Å². The highest BCUT2D eigenvalue weighted by molar-refractivity contribution is 7.89. The largest absolute Gasteiger partial charge is 0.495 e. The van der Waals surface area contributed by atoms with Gasteiger partial charge in [0.25, 0.3) is 5.91 Å². The highest BCUT2D eigenvalue weighted by atomic mass is 32.2. The van der Waals surface area contributed by atoms with Crippen molar-refractivity contribution in [1.29, 1.82) is 0 Å². The fourth-order valence-corrected chi connectivity index (χ4v) is 2.52. The number of sulfonamides is 1. The molecule has 0 spiro atoms. The zero-order valence-corrected chi connectivity index (χ0v) is 12.3. The zero-order valence-electron chi connectivity index (χ0n) is 11.5. The van der Waals surface area contributed by atoms with Gasteiger partial charge in [0, 0.05) is 18.7 Å². The minimum absolute atomic E-state index is 0.0279. The fourth-order valence-electron chi connectivity index (χ4n) is 1.57. The number of nitrogen functional groups attached to an aromatic ring is 1. The van der Waals surface area contributed by atoms with Gasteiger partial charge >= 0.3 is 0 Å². The van der Waals surface area contributed by atoms with Crippen molar-refractivity contribution in [3.63, 3.8) is 0 Å². The predicted molar refractivity (Wildman–Crippen MR) is 77.2 cm³/mol. The number of amides is 1. The highest BCUT2D eigenvalue weighted by Gasteiger charge is 2.11. The molecule has 0 bridgehead atoms. The van der Waals surface area contributed by atoms with Crippen molar-refractivity contribution >= 4 is 21.6 Å². The van der Waals surface area contributed by atoms with E-state index >= 15 is 0 Å². The van der Waals surface area contributed by atoms with Crippen LogP contribution in [0.25, 0.3) is 0 Å². The summed E-state index contributed by atoms with van der Waals surface area (Å²) in [4.78, 5) is 11.8. The molecule has 4 N–H and O–H groups in total. The van der Waals surface area contributed by atoms with Gasteiger partial charge in [-0.05, 0) is 18.2 Å². The Morgan fingerprint density at radius 2 is 2.10 bits per heavy atom. The molecule has 0 saturated carbocycles. The van der Waals surface area contributed by atoms with Crippen LogP contribution in [0.4, 0.5) is 5.69 Å². The minimum Gasteiger partial charge on any atom is -0.495 e. The van der Waals surface area contributed by atoms with Crippen molar-refractivity contribution in [2.24, 2.45) is 0 Å². The Morgan fingerprint density at radius 3 is 2.65 bits per heavy atom. The van der Waals surface area contributed by atoms with Gasteiger partial charge in [0.2, 0.25) is 10.0 Å². The van der Waals surface area contributed by atoms with E-state index in [4.69, 9.17) is 10.5 Å². The summed E-state index contributed by atoms with van der Waals surface area (Å²) >= 11 is 0. The molecule has 0 aromatic heterocycles. The van der Waals surface area contributed by atoms with E-state index in [-0.39, 0.29) is 18.2 Å². The number of rotatable bonds is 7. The van der Waals surface area contributed by atoms with Gasteiger partial charge in [0.15, 0.2) is 0 Å². The molecule has 0 atom stereocenters. The molecule has 1 aromatic rings. The van der Waals surface area contributed by atoms with Crippen molar-refractivity contribution in [3.8, 4) is 5.75 Å². The highest BCUT2D eigenvalue weighted by Crippen LogP contribution is 2.21. The van der Waals surface area contributed by atoms with E-state index in [0.29, 0.717) is 23.5 Å². The van der Waals surface area contributed by atoms with Gasteiger partial charge in [-0.25, -0.2) is 13.1 Å². The molecule has 0 saturated heterocycles. The number of carbonyl (C=O) groups excluding carboxylic acids is 1. The van der Waals surface area contributed by atoms with Gasteiger partial charge in [-0.1, -0.05) is 6.92 Å². The number of nitrogens with one attached hydrogen (secondary N) is 2. The van der Waals surface area contributed by atoms with E-state index in [9.17, 15) is 13.2 Å². The van der Waals surface area contributed by atoms with E-state index < -0.39 is 10.0 Å². The molecule has 0 fully saturated rings. The lowest BCUT2D eigenvalue weighted by Crippen LogP contribution is -2.34. The molecule has 1 amide bonds. The van der Waals surface area contributed by atoms with Crippen LogP contribution < -0.4 is 20.5 Å². The van der Waals surface area contributed by atoms with Crippen molar-refractivity contribution in [3.05, 3.63) is 23.8 Å². The Bertz CT molecular complexity index is 572. The predicted octanol–water partition coefficient (Wildman–Crippen LogP) is -0.0535. The maximum Gasteiger partial charge on any atom is 0.251 e. The maximum atomic E-state index is 11.8. The van der Waals surface area contributed by atoms with E-state index in [1.54, 1.807) is 19.1 Å². The molecule has 1 aromatic carbocycles. The van der Waals surface area contributed by atoms with E-state index in [0.717, 1.165) is 0 Å². The Hall–Kier alpha value is -1.80. The second kappa shape index (κ2) is 7.11. The first-order valence-electron chi connectivity index (χ1n) is 6.08. The summed E-state index contributed by atoms with van der Waals surface area (Å²) < 4.78 is 30.1. The molecule has 8 heteroatoms. The second-order valence-electron chi connectivity index (χ2n) is 4.03. The number of hydrogen-bond donors (Lipinski definition) is 3. The number of methoxy groups -OCH3 is 1.